The maximum absolute atomic E-state index is 12.7. The number of nitrogens with one attached hydrogen (secondary N) is 1. The van der Waals surface area contributed by atoms with Crippen molar-refractivity contribution in [1.29, 1.82) is 0 Å². The van der Waals surface area contributed by atoms with Crippen LogP contribution in [0.5, 0.6) is 0 Å². The van der Waals surface area contributed by atoms with Crippen LogP contribution in [0.25, 0.3) is 0 Å². The number of rotatable bonds is 2. The van der Waals surface area contributed by atoms with Gasteiger partial charge in [-0.2, -0.15) is 13.2 Å². The van der Waals surface area contributed by atoms with E-state index in [-0.39, 0.29) is 12.1 Å². The summed E-state index contributed by atoms with van der Waals surface area (Å²) < 4.78 is 38.1. The highest BCUT2D eigenvalue weighted by molar-refractivity contribution is 5.76. The summed E-state index contributed by atoms with van der Waals surface area (Å²) in [4.78, 5) is 19.0. The van der Waals surface area contributed by atoms with Crippen molar-refractivity contribution in [3.05, 3.63) is 23.9 Å². The normalized spacial score (nSPS) is 20.4. The first-order valence-electron chi connectivity index (χ1n) is 7.29. The molecule has 22 heavy (non-hydrogen) atoms. The summed E-state index contributed by atoms with van der Waals surface area (Å²) in [5.74, 6) is 0.346. The van der Waals surface area contributed by atoms with Crippen molar-refractivity contribution in [2.24, 2.45) is 0 Å². The molecule has 1 aromatic heterocycles. The second-order valence-corrected chi connectivity index (χ2v) is 5.52. The van der Waals surface area contributed by atoms with Gasteiger partial charge in [-0.1, -0.05) is 6.07 Å². The van der Waals surface area contributed by atoms with Crippen LogP contribution in [0.2, 0.25) is 0 Å². The van der Waals surface area contributed by atoms with Crippen molar-refractivity contribution in [3.8, 4) is 0 Å². The number of aromatic nitrogens is 1. The van der Waals surface area contributed by atoms with E-state index in [0.717, 1.165) is 18.9 Å². The van der Waals surface area contributed by atoms with Gasteiger partial charge in [-0.05, 0) is 25.0 Å². The number of carbonyl (C=O) groups excluding carboxylic acids is 1. The number of halogens is 3. The van der Waals surface area contributed by atoms with Gasteiger partial charge in [0.1, 0.15) is 11.5 Å². The maximum Gasteiger partial charge on any atom is 0.433 e. The Morgan fingerprint density at radius 3 is 2.50 bits per heavy atom. The zero-order chi connectivity index (χ0) is 15.7. The number of amides is 2. The van der Waals surface area contributed by atoms with Gasteiger partial charge in [-0.15, -0.1) is 0 Å². The third kappa shape index (κ3) is 2.95. The minimum Gasteiger partial charge on any atom is -0.356 e. The highest BCUT2D eigenvalue weighted by Crippen LogP contribution is 2.30. The van der Waals surface area contributed by atoms with Crippen molar-refractivity contribution in [1.82, 2.24) is 15.2 Å². The van der Waals surface area contributed by atoms with Gasteiger partial charge in [-0.3, -0.25) is 0 Å². The molecule has 0 radical (unpaired) electrons. The Labute approximate surface area is 126 Å². The number of hydrogen-bond donors (Lipinski definition) is 1. The summed E-state index contributed by atoms with van der Waals surface area (Å²) in [7, 11) is 0. The van der Waals surface area contributed by atoms with Crippen LogP contribution in [0.3, 0.4) is 0 Å². The summed E-state index contributed by atoms with van der Waals surface area (Å²) >= 11 is 0. The SMILES string of the molecule is O=C1NCCN1C1CCN(c2cccc(C(F)(F)F)n2)CC1. The Kier molecular flexibility index (Phi) is 3.84. The minimum atomic E-state index is -4.43. The number of nitrogens with zero attached hydrogens (tertiary/aromatic N) is 3. The lowest BCUT2D eigenvalue weighted by Gasteiger charge is -2.36. The van der Waals surface area contributed by atoms with E-state index in [0.29, 0.717) is 32.0 Å². The van der Waals surface area contributed by atoms with Crippen molar-refractivity contribution in [2.75, 3.05) is 31.1 Å². The molecule has 0 spiro atoms. The molecule has 2 saturated heterocycles. The summed E-state index contributed by atoms with van der Waals surface area (Å²) in [5, 5.41) is 2.77. The lowest BCUT2D eigenvalue weighted by Crippen LogP contribution is -2.46. The fourth-order valence-corrected chi connectivity index (χ4v) is 3.00. The van der Waals surface area contributed by atoms with Gasteiger partial charge in [0.15, 0.2) is 0 Å². The van der Waals surface area contributed by atoms with E-state index in [1.807, 2.05) is 9.80 Å². The summed E-state index contributed by atoms with van der Waals surface area (Å²) in [5.41, 5.74) is -0.869. The van der Waals surface area contributed by atoms with Crippen LogP contribution in [-0.2, 0) is 6.18 Å². The van der Waals surface area contributed by atoms with Gasteiger partial charge in [0.25, 0.3) is 0 Å². The van der Waals surface area contributed by atoms with Crippen LogP contribution in [-0.4, -0.2) is 48.1 Å². The van der Waals surface area contributed by atoms with E-state index in [1.165, 1.54) is 6.07 Å². The van der Waals surface area contributed by atoms with Gasteiger partial charge < -0.3 is 15.1 Å². The minimum absolute atomic E-state index is 0.0457. The quantitative estimate of drug-likeness (QED) is 0.909. The lowest BCUT2D eigenvalue weighted by molar-refractivity contribution is -0.141. The van der Waals surface area contributed by atoms with Gasteiger partial charge in [0, 0.05) is 32.2 Å². The van der Waals surface area contributed by atoms with E-state index >= 15 is 0 Å². The second-order valence-electron chi connectivity index (χ2n) is 5.52. The Bertz CT molecular complexity index is 555. The average molecular weight is 314 g/mol. The first-order chi connectivity index (χ1) is 10.4. The van der Waals surface area contributed by atoms with Gasteiger partial charge >= 0.3 is 12.2 Å². The number of carbonyl (C=O) groups is 1. The van der Waals surface area contributed by atoms with Gasteiger partial charge in [0.05, 0.1) is 0 Å². The number of hydrogen-bond acceptors (Lipinski definition) is 3. The second kappa shape index (κ2) is 5.66. The summed E-state index contributed by atoms with van der Waals surface area (Å²) in [6.07, 6.45) is -2.95. The molecule has 120 valence electrons. The van der Waals surface area contributed by atoms with E-state index in [1.54, 1.807) is 6.07 Å². The maximum atomic E-state index is 12.7. The Hall–Kier alpha value is -1.99. The van der Waals surface area contributed by atoms with Gasteiger partial charge in [-0.25, -0.2) is 9.78 Å². The van der Waals surface area contributed by atoms with Crippen molar-refractivity contribution >= 4 is 11.8 Å². The molecule has 2 amide bonds. The van der Waals surface area contributed by atoms with E-state index in [2.05, 4.69) is 10.3 Å². The molecule has 1 aromatic rings. The molecule has 0 saturated carbocycles. The molecule has 0 aromatic carbocycles. The number of pyridine rings is 1. The summed E-state index contributed by atoms with van der Waals surface area (Å²) in [6, 6.07) is 4.06. The van der Waals surface area contributed by atoms with Crippen molar-refractivity contribution in [2.45, 2.75) is 25.1 Å². The first kappa shape index (κ1) is 14.9. The topological polar surface area (TPSA) is 48.5 Å². The van der Waals surface area contributed by atoms with Crippen LogP contribution in [0.15, 0.2) is 18.2 Å². The monoisotopic (exact) mass is 314 g/mol. The van der Waals surface area contributed by atoms with Crippen LogP contribution in [0.1, 0.15) is 18.5 Å². The van der Waals surface area contributed by atoms with Crippen LogP contribution in [0, 0.1) is 0 Å². The zero-order valence-electron chi connectivity index (χ0n) is 11.9. The molecule has 8 heteroatoms. The number of urea groups is 1. The Morgan fingerprint density at radius 2 is 1.91 bits per heavy atom. The molecule has 3 rings (SSSR count). The first-order valence-corrected chi connectivity index (χ1v) is 7.29. The molecular weight excluding hydrogens is 297 g/mol. The number of piperidine rings is 1. The van der Waals surface area contributed by atoms with Gasteiger partial charge in [0.2, 0.25) is 0 Å². The Morgan fingerprint density at radius 1 is 1.18 bits per heavy atom. The third-order valence-corrected chi connectivity index (χ3v) is 4.14. The highest BCUT2D eigenvalue weighted by atomic mass is 19.4. The molecule has 0 aliphatic carbocycles. The molecule has 0 atom stereocenters. The fourth-order valence-electron chi connectivity index (χ4n) is 3.00. The standard InChI is InChI=1S/C14H17F3N4O/c15-14(16,17)11-2-1-3-12(19-11)20-7-4-10(5-8-20)21-9-6-18-13(21)22/h1-3,10H,4-9H2,(H,18,22). The predicted molar refractivity (Wildman–Crippen MR) is 74.6 cm³/mol. The molecule has 5 nitrogen and oxygen atoms in total. The van der Waals surface area contributed by atoms with Crippen LogP contribution >= 0.6 is 0 Å². The lowest BCUT2D eigenvalue weighted by atomic mass is 10.0. The molecule has 3 heterocycles. The Balaban J connectivity index is 1.65. The van der Waals surface area contributed by atoms with E-state index in [9.17, 15) is 18.0 Å². The third-order valence-electron chi connectivity index (χ3n) is 4.14. The summed E-state index contributed by atoms with van der Waals surface area (Å²) in [6.45, 7) is 2.56. The molecule has 2 aliphatic heterocycles. The number of anilines is 1. The molecular formula is C14H17F3N4O. The molecule has 2 fully saturated rings. The highest BCUT2D eigenvalue weighted by Gasteiger charge is 2.34. The molecule has 1 N–H and O–H groups in total. The molecule has 0 bridgehead atoms. The largest absolute Gasteiger partial charge is 0.433 e. The molecule has 2 aliphatic rings. The fraction of sp³-hybridized carbons (Fsp3) is 0.571. The number of alkyl halides is 3. The van der Waals surface area contributed by atoms with E-state index < -0.39 is 11.9 Å². The molecule has 0 unspecified atom stereocenters. The average Bonchev–Trinajstić information content (AvgIpc) is 2.93. The van der Waals surface area contributed by atoms with Crippen molar-refractivity contribution < 1.29 is 18.0 Å². The van der Waals surface area contributed by atoms with E-state index in [4.69, 9.17) is 0 Å². The smallest absolute Gasteiger partial charge is 0.356 e. The predicted octanol–water partition coefficient (Wildman–Crippen LogP) is 2.09. The van der Waals surface area contributed by atoms with Crippen molar-refractivity contribution in [3.63, 3.8) is 0 Å². The van der Waals surface area contributed by atoms with Crippen LogP contribution in [0.4, 0.5) is 23.8 Å². The van der Waals surface area contributed by atoms with Crippen LogP contribution < -0.4 is 10.2 Å². The zero-order valence-corrected chi connectivity index (χ0v) is 11.9.